The molecule has 92 valence electrons. The molecule has 0 aliphatic rings. The number of aromatic nitrogens is 2. The molecular formula is C8H11ClF3N3S. The summed E-state index contributed by atoms with van der Waals surface area (Å²) in [5, 5.41) is 8.55. The molecule has 0 bridgehead atoms. The Hall–Kier alpha value is -0.560. The fraction of sp³-hybridized carbons (Fsp3) is 0.750. The van der Waals surface area contributed by atoms with Crippen molar-refractivity contribution in [2.24, 2.45) is 5.92 Å². The van der Waals surface area contributed by atoms with Crippen molar-refractivity contribution in [3.05, 3.63) is 5.01 Å². The average molecular weight is 274 g/mol. The summed E-state index contributed by atoms with van der Waals surface area (Å²) >= 11 is 6.05. The summed E-state index contributed by atoms with van der Waals surface area (Å²) in [7, 11) is 0. The van der Waals surface area contributed by atoms with Crippen molar-refractivity contribution in [1.82, 2.24) is 10.2 Å². The first kappa shape index (κ1) is 13.5. The van der Waals surface area contributed by atoms with Crippen LogP contribution in [0.4, 0.5) is 18.3 Å². The van der Waals surface area contributed by atoms with Gasteiger partial charge in [-0.25, -0.2) is 0 Å². The molecule has 1 aromatic heterocycles. The van der Waals surface area contributed by atoms with Gasteiger partial charge in [0.2, 0.25) is 10.1 Å². The lowest BCUT2D eigenvalue weighted by molar-refractivity contribution is -0.138. The van der Waals surface area contributed by atoms with Gasteiger partial charge in [-0.3, -0.25) is 0 Å². The van der Waals surface area contributed by atoms with Crippen LogP contribution < -0.4 is 5.32 Å². The highest BCUT2D eigenvalue weighted by atomic mass is 35.5. The summed E-state index contributed by atoms with van der Waals surface area (Å²) in [4.78, 5) is 0. The zero-order valence-corrected chi connectivity index (χ0v) is 10.1. The fourth-order valence-corrected chi connectivity index (χ4v) is 1.95. The Balaban J connectivity index is 2.47. The van der Waals surface area contributed by atoms with Crippen LogP contribution in [0.1, 0.15) is 18.4 Å². The van der Waals surface area contributed by atoms with Gasteiger partial charge in [0.25, 0.3) is 0 Å². The second kappa shape index (κ2) is 5.67. The third-order valence-electron chi connectivity index (χ3n) is 1.87. The quantitative estimate of drug-likeness (QED) is 0.837. The summed E-state index contributed by atoms with van der Waals surface area (Å²) in [6, 6.07) is 0. The van der Waals surface area contributed by atoms with Gasteiger partial charge < -0.3 is 5.32 Å². The molecule has 0 aliphatic heterocycles. The lowest BCUT2D eigenvalue weighted by atomic mass is 10.1. The van der Waals surface area contributed by atoms with Crippen LogP contribution in [0.2, 0.25) is 0 Å². The molecule has 0 radical (unpaired) electrons. The van der Waals surface area contributed by atoms with Crippen LogP contribution in [0.15, 0.2) is 0 Å². The molecule has 0 aromatic carbocycles. The molecule has 1 atom stereocenters. The van der Waals surface area contributed by atoms with Gasteiger partial charge in [0.1, 0.15) is 0 Å². The van der Waals surface area contributed by atoms with E-state index >= 15 is 0 Å². The maximum absolute atomic E-state index is 12.2. The van der Waals surface area contributed by atoms with Gasteiger partial charge in [0.05, 0.1) is 0 Å². The number of anilines is 1. The maximum atomic E-state index is 12.2. The molecule has 0 aliphatic carbocycles. The van der Waals surface area contributed by atoms with Crippen molar-refractivity contribution >= 4 is 28.1 Å². The summed E-state index contributed by atoms with van der Waals surface area (Å²) in [6.45, 7) is 2.50. The third kappa shape index (κ3) is 4.13. The first-order valence-corrected chi connectivity index (χ1v) is 5.99. The zero-order valence-electron chi connectivity index (χ0n) is 8.51. The number of nitrogens with one attached hydrogen (secondary N) is 1. The Kier molecular flexibility index (Phi) is 4.79. The summed E-state index contributed by atoms with van der Waals surface area (Å²) in [5.74, 6) is 0.822. The van der Waals surface area contributed by atoms with E-state index in [2.05, 4.69) is 15.5 Å². The second-order valence-electron chi connectivity index (χ2n) is 3.37. The van der Waals surface area contributed by atoms with Crippen molar-refractivity contribution in [3.8, 4) is 0 Å². The van der Waals surface area contributed by atoms with Crippen LogP contribution in [0.5, 0.6) is 0 Å². The molecule has 1 heterocycles. The Bertz CT molecular complexity index is 329. The minimum atomic E-state index is -4.42. The molecule has 0 spiro atoms. The molecule has 3 nitrogen and oxygen atoms in total. The largest absolute Gasteiger partial charge is 0.445 e. The molecule has 8 heteroatoms. The zero-order chi connectivity index (χ0) is 12.2. The highest BCUT2D eigenvalue weighted by Crippen LogP contribution is 2.32. The Morgan fingerprint density at radius 3 is 2.62 bits per heavy atom. The average Bonchev–Trinajstić information content (AvgIpc) is 2.63. The molecule has 0 amide bonds. The standard InChI is InChI=1S/C8H11ClF3N3S/c1-5(2-3-9)4-13-7-15-14-6(16-7)8(10,11)12/h5H,2-4H2,1H3,(H,13,15). The van der Waals surface area contributed by atoms with E-state index in [4.69, 9.17) is 11.6 Å². The molecule has 1 N–H and O–H groups in total. The van der Waals surface area contributed by atoms with Crippen LogP contribution in [-0.2, 0) is 6.18 Å². The van der Waals surface area contributed by atoms with E-state index in [1.54, 1.807) is 0 Å². The lowest BCUT2D eigenvalue weighted by Crippen LogP contribution is -2.11. The topological polar surface area (TPSA) is 37.8 Å². The van der Waals surface area contributed by atoms with Crippen LogP contribution in [0.25, 0.3) is 0 Å². The van der Waals surface area contributed by atoms with Crippen molar-refractivity contribution in [2.45, 2.75) is 19.5 Å². The van der Waals surface area contributed by atoms with E-state index in [1.165, 1.54) is 0 Å². The van der Waals surface area contributed by atoms with E-state index in [9.17, 15) is 13.2 Å². The molecular weight excluding hydrogens is 263 g/mol. The molecule has 1 rings (SSSR count). The van der Waals surface area contributed by atoms with Crippen molar-refractivity contribution in [3.63, 3.8) is 0 Å². The predicted molar refractivity (Wildman–Crippen MR) is 57.9 cm³/mol. The molecule has 0 saturated carbocycles. The molecule has 1 unspecified atom stereocenters. The monoisotopic (exact) mass is 273 g/mol. The van der Waals surface area contributed by atoms with Gasteiger partial charge >= 0.3 is 6.18 Å². The summed E-state index contributed by atoms with van der Waals surface area (Å²) < 4.78 is 36.6. The number of hydrogen-bond acceptors (Lipinski definition) is 4. The maximum Gasteiger partial charge on any atom is 0.445 e. The summed E-state index contributed by atoms with van der Waals surface area (Å²) in [5.41, 5.74) is 0. The predicted octanol–water partition coefficient (Wildman–Crippen LogP) is 3.23. The van der Waals surface area contributed by atoms with E-state index < -0.39 is 11.2 Å². The lowest BCUT2D eigenvalue weighted by Gasteiger charge is -2.08. The summed E-state index contributed by atoms with van der Waals surface area (Å²) in [6.07, 6.45) is -3.61. The Morgan fingerprint density at radius 1 is 1.44 bits per heavy atom. The van der Waals surface area contributed by atoms with Gasteiger partial charge in [-0.1, -0.05) is 18.3 Å². The molecule has 0 fully saturated rings. The third-order valence-corrected chi connectivity index (χ3v) is 3.02. The van der Waals surface area contributed by atoms with Crippen molar-refractivity contribution in [1.29, 1.82) is 0 Å². The van der Waals surface area contributed by atoms with E-state index in [1.807, 2.05) is 6.92 Å². The number of rotatable bonds is 5. The molecule has 0 saturated heterocycles. The second-order valence-corrected chi connectivity index (χ2v) is 4.73. The number of hydrogen-bond donors (Lipinski definition) is 1. The minimum absolute atomic E-state index is 0.189. The fourth-order valence-electron chi connectivity index (χ4n) is 0.959. The SMILES string of the molecule is CC(CCCl)CNc1nnc(C(F)(F)F)s1. The smallest absolute Gasteiger partial charge is 0.360 e. The molecule has 1 aromatic rings. The van der Waals surface area contributed by atoms with Gasteiger partial charge in [-0.15, -0.1) is 21.8 Å². The Morgan fingerprint density at radius 2 is 2.12 bits per heavy atom. The first-order chi connectivity index (χ1) is 7.43. The van der Waals surface area contributed by atoms with Gasteiger partial charge in [0.15, 0.2) is 0 Å². The van der Waals surface area contributed by atoms with Gasteiger partial charge in [0, 0.05) is 12.4 Å². The van der Waals surface area contributed by atoms with Gasteiger partial charge in [-0.05, 0) is 12.3 Å². The normalized spacial score (nSPS) is 13.8. The van der Waals surface area contributed by atoms with Crippen LogP contribution in [-0.4, -0.2) is 22.6 Å². The van der Waals surface area contributed by atoms with Crippen LogP contribution in [0.3, 0.4) is 0 Å². The van der Waals surface area contributed by atoms with E-state index in [0.717, 1.165) is 6.42 Å². The highest BCUT2D eigenvalue weighted by molar-refractivity contribution is 7.15. The number of nitrogens with zero attached hydrogens (tertiary/aromatic N) is 2. The Labute approximate surface area is 100 Å². The van der Waals surface area contributed by atoms with Gasteiger partial charge in [-0.2, -0.15) is 13.2 Å². The van der Waals surface area contributed by atoms with Crippen LogP contribution in [0, 0.1) is 5.92 Å². The number of halogens is 4. The van der Waals surface area contributed by atoms with Crippen molar-refractivity contribution in [2.75, 3.05) is 17.7 Å². The van der Waals surface area contributed by atoms with E-state index in [-0.39, 0.29) is 11.0 Å². The number of alkyl halides is 4. The molecule has 16 heavy (non-hydrogen) atoms. The highest BCUT2D eigenvalue weighted by Gasteiger charge is 2.35. The first-order valence-electron chi connectivity index (χ1n) is 4.64. The van der Waals surface area contributed by atoms with Crippen LogP contribution >= 0.6 is 22.9 Å². The van der Waals surface area contributed by atoms with Crippen molar-refractivity contribution < 1.29 is 13.2 Å². The minimum Gasteiger partial charge on any atom is -0.360 e. The van der Waals surface area contributed by atoms with E-state index in [0.29, 0.717) is 23.8 Å².